The number of hydrogen-bond donors (Lipinski definition) is 2. The minimum Gasteiger partial charge on any atom is -0.478 e. The molecule has 4 nitrogen and oxygen atoms in total. The fourth-order valence-electron chi connectivity index (χ4n) is 0.370. The quantitative estimate of drug-likeness (QED) is 0.681. The van der Waals surface area contributed by atoms with Gasteiger partial charge in [-0.05, 0) is 12.8 Å². The number of aliphatic carboxylic acids is 2. The topological polar surface area (TPSA) is 74.6 Å². The molecule has 0 fully saturated rings. The van der Waals surface area contributed by atoms with Crippen molar-refractivity contribution in [3.8, 4) is 0 Å². The molecule has 0 unspecified atom stereocenters. The van der Waals surface area contributed by atoms with E-state index in [9.17, 15) is 9.59 Å². The molecule has 0 heterocycles. The first-order valence-electron chi connectivity index (χ1n) is 4.26. The average Bonchev–Trinajstić information content (AvgIpc) is 2.14. The van der Waals surface area contributed by atoms with Crippen molar-refractivity contribution in [1.82, 2.24) is 0 Å². The summed E-state index contributed by atoms with van der Waals surface area (Å²) in [6.07, 6.45) is 4.05. The number of carbonyl (C=O) groups is 2. The molecule has 0 bridgehead atoms. The van der Waals surface area contributed by atoms with Crippen molar-refractivity contribution in [3.63, 3.8) is 0 Å². The van der Waals surface area contributed by atoms with Gasteiger partial charge in [-0.25, -0.2) is 9.59 Å². The van der Waals surface area contributed by atoms with Gasteiger partial charge in [-0.3, -0.25) is 0 Å². The second-order valence-corrected chi connectivity index (χ2v) is 2.41. The molecule has 2 N–H and O–H groups in total. The van der Waals surface area contributed by atoms with Crippen molar-refractivity contribution >= 4 is 11.9 Å². The van der Waals surface area contributed by atoms with Gasteiger partial charge in [-0.2, -0.15) is 0 Å². The summed E-state index contributed by atoms with van der Waals surface area (Å²) in [5.74, 6) is -1.77. The molecular weight excluding hydrogens is 184 g/mol. The molecule has 0 aromatic rings. The summed E-state index contributed by atoms with van der Waals surface area (Å²) in [6, 6.07) is 0. The lowest BCUT2D eigenvalue weighted by molar-refractivity contribution is -0.133. The molecule has 80 valence electrons. The van der Waals surface area contributed by atoms with Crippen LogP contribution < -0.4 is 0 Å². The lowest BCUT2D eigenvalue weighted by Gasteiger charge is -1.87. The monoisotopic (exact) mass is 200 g/mol. The maximum absolute atomic E-state index is 9.83. The largest absolute Gasteiger partial charge is 0.478 e. The SMILES string of the molecule is C=C(CC)C(=O)O.CCC=CC(=O)O. The lowest BCUT2D eigenvalue weighted by Crippen LogP contribution is -1.95. The molecule has 0 saturated carbocycles. The number of hydrogen-bond acceptors (Lipinski definition) is 2. The first-order valence-corrected chi connectivity index (χ1v) is 4.26. The zero-order valence-electron chi connectivity index (χ0n) is 8.49. The van der Waals surface area contributed by atoms with Crippen LogP contribution in [-0.4, -0.2) is 22.2 Å². The molecule has 0 radical (unpaired) electrons. The van der Waals surface area contributed by atoms with E-state index in [1.165, 1.54) is 0 Å². The van der Waals surface area contributed by atoms with Gasteiger partial charge in [0.2, 0.25) is 0 Å². The first kappa shape index (κ1) is 14.9. The van der Waals surface area contributed by atoms with Gasteiger partial charge >= 0.3 is 11.9 Å². The van der Waals surface area contributed by atoms with Gasteiger partial charge in [0, 0.05) is 11.6 Å². The van der Waals surface area contributed by atoms with Gasteiger partial charge in [-0.1, -0.05) is 26.5 Å². The standard InChI is InChI=1S/2C5H8O2/c1-3-4(2)5(6)7;1-2-3-4-5(6)7/h2-3H2,1H3,(H,6,7);3-4H,2H2,1H3,(H,6,7). The highest BCUT2D eigenvalue weighted by Gasteiger charge is 1.96. The zero-order valence-corrected chi connectivity index (χ0v) is 8.49. The molecule has 0 aliphatic rings. The predicted octanol–water partition coefficient (Wildman–Crippen LogP) is 2.07. The van der Waals surface area contributed by atoms with E-state index in [2.05, 4.69) is 6.58 Å². The minimum absolute atomic E-state index is 0.264. The molecule has 4 heteroatoms. The highest BCUT2D eigenvalue weighted by Crippen LogP contribution is 1.93. The molecule has 0 aliphatic carbocycles. The predicted molar refractivity (Wildman–Crippen MR) is 54.1 cm³/mol. The van der Waals surface area contributed by atoms with Crippen LogP contribution in [0.2, 0.25) is 0 Å². The third-order valence-electron chi connectivity index (χ3n) is 1.23. The van der Waals surface area contributed by atoms with Gasteiger partial charge < -0.3 is 10.2 Å². The van der Waals surface area contributed by atoms with E-state index < -0.39 is 11.9 Å². The van der Waals surface area contributed by atoms with Crippen molar-refractivity contribution in [2.75, 3.05) is 0 Å². The van der Waals surface area contributed by atoms with Crippen LogP contribution >= 0.6 is 0 Å². The molecule has 0 aromatic heterocycles. The maximum atomic E-state index is 9.83. The summed E-state index contributed by atoms with van der Waals surface area (Å²) < 4.78 is 0. The average molecular weight is 200 g/mol. The van der Waals surface area contributed by atoms with Crippen LogP contribution in [0, 0.1) is 0 Å². The number of rotatable bonds is 4. The molecule has 0 aromatic carbocycles. The summed E-state index contributed by atoms with van der Waals surface area (Å²) in [4.78, 5) is 19.5. The fraction of sp³-hybridized carbons (Fsp3) is 0.400. The minimum atomic E-state index is -0.900. The van der Waals surface area contributed by atoms with Crippen LogP contribution in [0.25, 0.3) is 0 Å². The maximum Gasteiger partial charge on any atom is 0.330 e. The van der Waals surface area contributed by atoms with E-state index in [0.717, 1.165) is 12.5 Å². The number of allylic oxidation sites excluding steroid dienone is 1. The Hall–Kier alpha value is -1.58. The third-order valence-corrected chi connectivity index (χ3v) is 1.23. The number of carboxylic acids is 2. The van der Waals surface area contributed by atoms with Crippen LogP contribution in [-0.2, 0) is 9.59 Å². The van der Waals surface area contributed by atoms with E-state index in [4.69, 9.17) is 10.2 Å². The van der Waals surface area contributed by atoms with Crippen LogP contribution in [0.3, 0.4) is 0 Å². The third kappa shape index (κ3) is 13.0. The Kier molecular flexibility index (Phi) is 10.1. The van der Waals surface area contributed by atoms with Gasteiger partial charge in [0.15, 0.2) is 0 Å². The van der Waals surface area contributed by atoms with Crippen LogP contribution in [0.1, 0.15) is 26.7 Å². The zero-order chi connectivity index (χ0) is 11.6. The van der Waals surface area contributed by atoms with Gasteiger partial charge in [0.1, 0.15) is 0 Å². The number of carboxylic acid groups (broad SMARTS) is 2. The van der Waals surface area contributed by atoms with Crippen molar-refractivity contribution < 1.29 is 19.8 Å². The van der Waals surface area contributed by atoms with Crippen molar-refractivity contribution in [1.29, 1.82) is 0 Å². The molecule has 14 heavy (non-hydrogen) atoms. The summed E-state index contributed by atoms with van der Waals surface area (Å²) in [7, 11) is 0. The highest BCUT2D eigenvalue weighted by molar-refractivity contribution is 5.85. The molecule has 0 rings (SSSR count). The molecule has 0 atom stereocenters. The Bertz CT molecular complexity index is 228. The summed E-state index contributed by atoms with van der Waals surface area (Å²) in [5.41, 5.74) is 0.264. The second-order valence-electron chi connectivity index (χ2n) is 2.41. The van der Waals surface area contributed by atoms with Gasteiger partial charge in [0.25, 0.3) is 0 Å². The van der Waals surface area contributed by atoms with Crippen LogP contribution in [0.5, 0.6) is 0 Å². The van der Waals surface area contributed by atoms with Crippen molar-refractivity contribution in [3.05, 3.63) is 24.3 Å². The van der Waals surface area contributed by atoms with Gasteiger partial charge in [-0.15, -0.1) is 0 Å². The molecule has 0 saturated heterocycles. The highest BCUT2D eigenvalue weighted by atomic mass is 16.4. The fourth-order valence-corrected chi connectivity index (χ4v) is 0.370. The Morgan fingerprint density at radius 2 is 1.79 bits per heavy atom. The first-order chi connectivity index (χ1) is 6.45. The molecule has 0 amide bonds. The van der Waals surface area contributed by atoms with Crippen molar-refractivity contribution in [2.24, 2.45) is 0 Å². The van der Waals surface area contributed by atoms with Gasteiger partial charge in [0.05, 0.1) is 0 Å². The Morgan fingerprint density at radius 3 is 1.86 bits per heavy atom. The van der Waals surface area contributed by atoms with Crippen LogP contribution in [0.4, 0.5) is 0 Å². The Morgan fingerprint density at radius 1 is 1.29 bits per heavy atom. The smallest absolute Gasteiger partial charge is 0.330 e. The molecular formula is C10H16O4. The normalized spacial score (nSPS) is 9.00. The summed E-state index contributed by atoms with van der Waals surface area (Å²) >= 11 is 0. The lowest BCUT2D eigenvalue weighted by atomic mass is 10.2. The Labute approximate surface area is 83.6 Å². The van der Waals surface area contributed by atoms with Crippen LogP contribution in [0.15, 0.2) is 24.3 Å². The molecule has 0 aliphatic heterocycles. The van der Waals surface area contributed by atoms with Crippen molar-refractivity contribution in [2.45, 2.75) is 26.7 Å². The van der Waals surface area contributed by atoms with E-state index in [1.807, 2.05) is 6.92 Å². The van der Waals surface area contributed by atoms with E-state index in [0.29, 0.717) is 6.42 Å². The summed E-state index contributed by atoms with van der Waals surface area (Å²) in [5, 5.41) is 16.0. The van der Waals surface area contributed by atoms with E-state index >= 15 is 0 Å². The van der Waals surface area contributed by atoms with E-state index in [1.54, 1.807) is 13.0 Å². The van der Waals surface area contributed by atoms with E-state index in [-0.39, 0.29) is 5.57 Å². The summed E-state index contributed by atoms with van der Waals surface area (Å²) in [6.45, 7) is 6.92. The second kappa shape index (κ2) is 9.51. The molecule has 0 spiro atoms. The Balaban J connectivity index is 0.